The Morgan fingerprint density at radius 1 is 0.722 bits per heavy atom. The van der Waals surface area contributed by atoms with Crippen LogP contribution in [0.5, 0.6) is 11.5 Å². The van der Waals surface area contributed by atoms with Gasteiger partial charge in [-0.1, -0.05) is 0 Å². The van der Waals surface area contributed by atoms with E-state index in [1.165, 1.54) is 0 Å². The Bertz CT molecular complexity index is 449. The van der Waals surface area contributed by atoms with E-state index in [9.17, 15) is 0 Å². The molecular formula is C14H15BO2P+. The van der Waals surface area contributed by atoms with Gasteiger partial charge >= 0.3 is 7.57 Å². The number of ether oxygens (including phenoxy) is 2. The maximum absolute atomic E-state index is 6.32. The molecule has 0 saturated carbocycles. The van der Waals surface area contributed by atoms with Gasteiger partial charge in [-0.2, -0.15) is 0 Å². The molecular weight excluding hydrogens is 242 g/mol. The minimum Gasteiger partial charge on any atom is -0.497 e. The third-order valence-corrected chi connectivity index (χ3v) is 4.71. The van der Waals surface area contributed by atoms with Crippen LogP contribution < -0.4 is 20.1 Å². The molecule has 18 heavy (non-hydrogen) atoms. The molecule has 4 heteroatoms. The van der Waals surface area contributed by atoms with E-state index in [1.807, 2.05) is 48.5 Å². The molecule has 0 N–H and O–H groups in total. The molecule has 0 saturated heterocycles. The molecule has 0 aliphatic heterocycles. The van der Waals surface area contributed by atoms with E-state index in [4.69, 9.17) is 17.0 Å². The molecule has 0 unspecified atom stereocenters. The SMILES string of the molecule is [B][PH+](c1ccc(OC)cc1)c1ccc(OC)cc1. The van der Waals surface area contributed by atoms with Gasteiger partial charge in [0.2, 0.25) is 0 Å². The first-order valence-electron chi connectivity index (χ1n) is 5.66. The predicted molar refractivity (Wildman–Crippen MR) is 79.3 cm³/mol. The maximum Gasteiger partial charge on any atom is 0.374 e. The number of benzene rings is 2. The molecule has 2 rings (SSSR count). The van der Waals surface area contributed by atoms with Crippen LogP contribution in [-0.2, 0) is 0 Å². The van der Waals surface area contributed by atoms with E-state index in [1.54, 1.807) is 14.2 Å². The van der Waals surface area contributed by atoms with Crippen LogP contribution in [0.2, 0.25) is 0 Å². The van der Waals surface area contributed by atoms with Crippen molar-refractivity contribution in [3.8, 4) is 11.5 Å². The fraction of sp³-hybridized carbons (Fsp3) is 0.143. The zero-order valence-electron chi connectivity index (χ0n) is 10.5. The second-order valence-electron chi connectivity index (χ2n) is 3.87. The van der Waals surface area contributed by atoms with Crippen molar-refractivity contribution in [3.05, 3.63) is 48.5 Å². The number of hydrogen-bond acceptors (Lipinski definition) is 2. The lowest BCUT2D eigenvalue weighted by atomic mass is 10.3. The zero-order valence-corrected chi connectivity index (χ0v) is 11.5. The van der Waals surface area contributed by atoms with Crippen LogP contribution in [0.4, 0.5) is 0 Å². The molecule has 0 aliphatic carbocycles. The number of rotatable bonds is 4. The molecule has 0 spiro atoms. The van der Waals surface area contributed by atoms with Gasteiger partial charge in [-0.3, -0.25) is 0 Å². The van der Waals surface area contributed by atoms with Crippen molar-refractivity contribution < 1.29 is 9.47 Å². The molecule has 0 fully saturated rings. The van der Waals surface area contributed by atoms with Crippen LogP contribution in [-0.4, -0.2) is 21.8 Å². The normalized spacial score (nSPS) is 10.4. The Morgan fingerprint density at radius 3 is 1.33 bits per heavy atom. The van der Waals surface area contributed by atoms with Crippen molar-refractivity contribution in [2.75, 3.05) is 14.2 Å². The summed E-state index contributed by atoms with van der Waals surface area (Å²) < 4.78 is 10.3. The summed E-state index contributed by atoms with van der Waals surface area (Å²) in [6.45, 7) is 0. The molecule has 2 aromatic carbocycles. The van der Waals surface area contributed by atoms with Crippen LogP contribution in [0.25, 0.3) is 0 Å². The van der Waals surface area contributed by atoms with Gasteiger partial charge in [0.05, 0.1) is 24.8 Å². The molecule has 0 atom stereocenters. The van der Waals surface area contributed by atoms with E-state index in [0.29, 0.717) is 0 Å². The standard InChI is InChI=1S/C14H15BO2P/c1-16-11-3-7-13(8-4-11)18(15)14-9-5-12(17-2)6-10-14/h3-10,18H,1-2H3/q+1. The third kappa shape index (κ3) is 2.86. The maximum atomic E-state index is 6.32. The van der Waals surface area contributed by atoms with Crippen LogP contribution >= 0.6 is 7.80 Å². The van der Waals surface area contributed by atoms with Gasteiger partial charge in [0, 0.05) is 7.80 Å². The van der Waals surface area contributed by atoms with E-state index >= 15 is 0 Å². The molecule has 90 valence electrons. The Morgan fingerprint density at radius 2 is 1.06 bits per heavy atom. The predicted octanol–water partition coefficient (Wildman–Crippen LogP) is 1.95. The van der Waals surface area contributed by atoms with Gasteiger partial charge in [0.25, 0.3) is 0 Å². The second kappa shape index (κ2) is 5.93. The minimum atomic E-state index is -1.20. The Hall–Kier alpha value is -1.47. The summed E-state index contributed by atoms with van der Waals surface area (Å²) in [5, 5.41) is 2.32. The van der Waals surface area contributed by atoms with Crippen molar-refractivity contribution >= 4 is 26.0 Å². The lowest BCUT2D eigenvalue weighted by molar-refractivity contribution is 0.415. The largest absolute Gasteiger partial charge is 0.497 e. The second-order valence-corrected chi connectivity index (χ2v) is 5.85. The molecule has 2 aromatic rings. The molecule has 0 amide bonds. The van der Waals surface area contributed by atoms with Crippen LogP contribution in [0, 0.1) is 0 Å². The van der Waals surface area contributed by atoms with E-state index in [2.05, 4.69) is 0 Å². The van der Waals surface area contributed by atoms with Gasteiger partial charge in [-0.25, -0.2) is 0 Å². The van der Waals surface area contributed by atoms with E-state index < -0.39 is 7.80 Å². The van der Waals surface area contributed by atoms with Gasteiger partial charge in [-0.15, -0.1) is 0 Å². The highest BCUT2D eigenvalue weighted by atomic mass is 31.1. The first kappa shape index (κ1) is 13.0. The molecule has 0 aromatic heterocycles. The average molecular weight is 257 g/mol. The average Bonchev–Trinajstić information content (AvgIpc) is 2.47. The molecule has 2 radical (unpaired) electrons. The van der Waals surface area contributed by atoms with Crippen LogP contribution in [0.1, 0.15) is 0 Å². The first-order valence-corrected chi connectivity index (χ1v) is 7.23. The Kier molecular flexibility index (Phi) is 4.27. The monoisotopic (exact) mass is 257 g/mol. The van der Waals surface area contributed by atoms with E-state index in [0.717, 1.165) is 22.1 Å². The summed E-state index contributed by atoms with van der Waals surface area (Å²) in [5.74, 6) is 1.70. The van der Waals surface area contributed by atoms with Crippen molar-refractivity contribution in [2.45, 2.75) is 0 Å². The molecule has 0 bridgehead atoms. The lowest BCUT2D eigenvalue weighted by Gasteiger charge is -2.07. The Labute approximate surface area is 110 Å². The van der Waals surface area contributed by atoms with Crippen LogP contribution in [0.3, 0.4) is 0 Å². The van der Waals surface area contributed by atoms with Crippen LogP contribution in [0.15, 0.2) is 48.5 Å². The minimum absolute atomic E-state index is 0.850. The summed E-state index contributed by atoms with van der Waals surface area (Å²) in [7, 11) is 8.43. The van der Waals surface area contributed by atoms with Crippen molar-refractivity contribution in [3.63, 3.8) is 0 Å². The topological polar surface area (TPSA) is 18.5 Å². The number of methoxy groups -OCH3 is 2. The fourth-order valence-corrected chi connectivity index (χ4v) is 3.09. The van der Waals surface area contributed by atoms with Crippen molar-refractivity contribution in [2.24, 2.45) is 0 Å². The highest BCUT2D eigenvalue weighted by Gasteiger charge is 2.16. The molecule has 0 aliphatic rings. The first-order chi connectivity index (χ1) is 8.74. The van der Waals surface area contributed by atoms with Gasteiger partial charge in [0.15, 0.2) is 0 Å². The van der Waals surface area contributed by atoms with Crippen molar-refractivity contribution in [1.82, 2.24) is 0 Å². The smallest absolute Gasteiger partial charge is 0.374 e. The highest BCUT2D eigenvalue weighted by Crippen LogP contribution is 2.28. The van der Waals surface area contributed by atoms with Gasteiger partial charge < -0.3 is 9.47 Å². The summed E-state index contributed by atoms with van der Waals surface area (Å²) in [5.41, 5.74) is 0. The summed E-state index contributed by atoms with van der Waals surface area (Å²) in [6.07, 6.45) is 0. The highest BCUT2D eigenvalue weighted by molar-refractivity contribution is 7.94. The fourth-order valence-electron chi connectivity index (χ4n) is 1.71. The van der Waals surface area contributed by atoms with Gasteiger partial charge in [0.1, 0.15) is 11.5 Å². The lowest BCUT2D eigenvalue weighted by Crippen LogP contribution is -2.11. The quantitative estimate of drug-likeness (QED) is 0.615. The van der Waals surface area contributed by atoms with E-state index in [-0.39, 0.29) is 0 Å². The van der Waals surface area contributed by atoms with Gasteiger partial charge in [-0.05, 0) is 48.5 Å². The van der Waals surface area contributed by atoms with Crippen molar-refractivity contribution in [1.29, 1.82) is 0 Å². The molecule has 2 nitrogen and oxygen atoms in total. The zero-order chi connectivity index (χ0) is 13.0. The summed E-state index contributed by atoms with van der Waals surface area (Å²) >= 11 is 0. The molecule has 0 heterocycles. The number of hydrogen-bond donors (Lipinski definition) is 0. The summed E-state index contributed by atoms with van der Waals surface area (Å²) in [6, 6.07) is 15.9. The summed E-state index contributed by atoms with van der Waals surface area (Å²) in [4.78, 5) is 0. The Balaban J connectivity index is 2.20. The third-order valence-electron chi connectivity index (χ3n) is 2.80.